The second kappa shape index (κ2) is 10.3. The largest absolute Gasteiger partial charge is 0.475 e. The van der Waals surface area contributed by atoms with Crippen LogP contribution in [-0.4, -0.2) is 73.5 Å². The van der Waals surface area contributed by atoms with E-state index >= 15 is 0 Å². The van der Waals surface area contributed by atoms with E-state index in [9.17, 15) is 18.3 Å². The average molecular weight is 605 g/mol. The number of anilines is 2. The zero-order valence-electron chi connectivity index (χ0n) is 23.4. The number of benzene rings is 1. The predicted octanol–water partition coefficient (Wildman–Crippen LogP) is 3.65. The highest BCUT2D eigenvalue weighted by Gasteiger charge is 2.55. The number of halogens is 1. The summed E-state index contributed by atoms with van der Waals surface area (Å²) in [6.45, 7) is 6.47. The number of carbonyl (C=O) groups excluding carboxylic acids is 1. The first-order valence-electron chi connectivity index (χ1n) is 14.3. The van der Waals surface area contributed by atoms with Gasteiger partial charge in [-0.05, 0) is 57.4 Å². The Kier molecular flexibility index (Phi) is 7.16. The minimum absolute atomic E-state index is 0.226. The Morgan fingerprint density at radius 1 is 1.12 bits per heavy atom. The molecule has 2 aliphatic carbocycles. The number of β-amino-alcohol motifs (C(OH)–C–C–N with tert-alkyl or cyclic N) is 1. The van der Waals surface area contributed by atoms with Crippen LogP contribution >= 0.6 is 11.6 Å². The molecule has 1 aromatic carbocycles. The standard InChI is InChI=1S/C29H37ClN4O6S/c1-27(2)18-34(19-28(40-27)11-3-4-12-28)22-9-8-20(30)16-23(22)39-29(13-14-29)26(36)32-41(37,38)25-7-5-6-24(31-25)33-15-10-21(35)17-33/h5-9,16,21,35H,3-4,10-15,17-19H2,1-2H3,(H,32,36)/t21-/m0/s1. The lowest BCUT2D eigenvalue weighted by molar-refractivity contribution is -0.148. The van der Waals surface area contributed by atoms with Gasteiger partial charge in [0.05, 0.1) is 23.0 Å². The maximum absolute atomic E-state index is 13.4. The number of aliphatic hydroxyl groups is 1. The van der Waals surface area contributed by atoms with Gasteiger partial charge in [-0.1, -0.05) is 30.5 Å². The number of amides is 1. The minimum atomic E-state index is -4.26. The number of hydrogen-bond donors (Lipinski definition) is 2. The van der Waals surface area contributed by atoms with Crippen LogP contribution in [0.2, 0.25) is 5.02 Å². The molecule has 12 heteroatoms. The SMILES string of the molecule is CC1(C)CN(c2ccc(Cl)cc2OC2(C(=O)NS(=O)(=O)c3cccc(N4CC[C@H](O)C4)n3)CC2)CC2(CCCC2)O1. The Balaban J connectivity index is 1.22. The van der Waals surface area contributed by atoms with Crippen LogP contribution in [-0.2, 0) is 19.6 Å². The fourth-order valence-electron chi connectivity index (χ4n) is 6.44. The molecule has 2 saturated heterocycles. The summed E-state index contributed by atoms with van der Waals surface area (Å²) in [5.41, 5.74) is -1.12. The minimum Gasteiger partial charge on any atom is -0.475 e. The number of aromatic nitrogens is 1. The molecular weight excluding hydrogens is 568 g/mol. The second-order valence-corrected chi connectivity index (χ2v) is 14.5. The Morgan fingerprint density at radius 3 is 2.56 bits per heavy atom. The third-order valence-electron chi connectivity index (χ3n) is 8.44. The van der Waals surface area contributed by atoms with Gasteiger partial charge in [0.1, 0.15) is 11.6 Å². The number of aliphatic hydroxyl groups excluding tert-OH is 1. The molecule has 1 atom stereocenters. The molecule has 1 spiro atoms. The van der Waals surface area contributed by atoms with Crippen molar-refractivity contribution in [3.05, 3.63) is 41.4 Å². The predicted molar refractivity (Wildman–Crippen MR) is 155 cm³/mol. The smallest absolute Gasteiger partial charge is 0.281 e. The summed E-state index contributed by atoms with van der Waals surface area (Å²) >= 11 is 6.38. The zero-order chi connectivity index (χ0) is 29.0. The molecule has 2 saturated carbocycles. The van der Waals surface area contributed by atoms with Crippen molar-refractivity contribution < 1.29 is 27.8 Å². The van der Waals surface area contributed by atoms with Gasteiger partial charge in [0.25, 0.3) is 15.9 Å². The molecule has 0 bridgehead atoms. The quantitative estimate of drug-likeness (QED) is 0.488. The fourth-order valence-corrected chi connectivity index (χ4v) is 7.61. The number of rotatable bonds is 7. The van der Waals surface area contributed by atoms with Crippen LogP contribution in [0.5, 0.6) is 5.75 Å². The third kappa shape index (κ3) is 5.86. The van der Waals surface area contributed by atoms with Gasteiger partial charge in [-0.2, -0.15) is 8.42 Å². The summed E-state index contributed by atoms with van der Waals surface area (Å²) in [5.74, 6) is 0.147. The zero-order valence-corrected chi connectivity index (χ0v) is 25.0. The van der Waals surface area contributed by atoms with E-state index < -0.39 is 27.6 Å². The first-order chi connectivity index (χ1) is 19.4. The topological polar surface area (TPSA) is 121 Å². The molecule has 10 nitrogen and oxygen atoms in total. The van der Waals surface area contributed by atoms with Gasteiger partial charge >= 0.3 is 0 Å². The summed E-state index contributed by atoms with van der Waals surface area (Å²) < 4.78 is 41.6. The van der Waals surface area contributed by atoms with Gasteiger partial charge in [-0.15, -0.1) is 0 Å². The highest BCUT2D eigenvalue weighted by molar-refractivity contribution is 7.90. The summed E-state index contributed by atoms with van der Waals surface area (Å²) in [6, 6.07) is 10.0. The van der Waals surface area contributed by atoms with Crippen molar-refractivity contribution >= 4 is 39.0 Å². The molecule has 2 N–H and O–H groups in total. The molecule has 2 aliphatic heterocycles. The normalized spacial score (nSPS) is 24.4. The van der Waals surface area contributed by atoms with Gasteiger partial charge in [-0.3, -0.25) is 4.79 Å². The van der Waals surface area contributed by atoms with Crippen LogP contribution < -0.4 is 19.3 Å². The molecule has 1 amide bonds. The van der Waals surface area contributed by atoms with Gasteiger partial charge in [-0.25, -0.2) is 9.71 Å². The lowest BCUT2D eigenvalue weighted by atomic mass is 9.93. The summed E-state index contributed by atoms with van der Waals surface area (Å²) in [4.78, 5) is 21.8. The lowest BCUT2D eigenvalue weighted by Crippen LogP contribution is -2.59. The van der Waals surface area contributed by atoms with Crippen molar-refractivity contribution in [1.29, 1.82) is 0 Å². The molecule has 2 aromatic rings. The van der Waals surface area contributed by atoms with Crippen LogP contribution in [0.15, 0.2) is 41.4 Å². The van der Waals surface area contributed by atoms with E-state index in [4.69, 9.17) is 21.1 Å². The van der Waals surface area contributed by atoms with Gasteiger partial charge in [0.15, 0.2) is 10.6 Å². The fraction of sp³-hybridized carbons (Fsp3) is 0.586. The van der Waals surface area contributed by atoms with E-state index in [1.807, 2.05) is 11.0 Å². The van der Waals surface area contributed by atoms with Gasteiger partial charge in [0, 0.05) is 50.1 Å². The number of carbonyl (C=O) groups is 1. The van der Waals surface area contributed by atoms with E-state index in [-0.39, 0.29) is 16.2 Å². The Labute approximate surface area is 246 Å². The van der Waals surface area contributed by atoms with Crippen molar-refractivity contribution in [1.82, 2.24) is 9.71 Å². The van der Waals surface area contributed by atoms with E-state index in [0.29, 0.717) is 62.0 Å². The number of nitrogens with one attached hydrogen (secondary N) is 1. The molecule has 0 unspecified atom stereocenters. The summed E-state index contributed by atoms with van der Waals surface area (Å²) in [7, 11) is -4.26. The van der Waals surface area contributed by atoms with E-state index in [2.05, 4.69) is 28.5 Å². The van der Waals surface area contributed by atoms with Crippen LogP contribution in [0.4, 0.5) is 11.5 Å². The third-order valence-corrected chi connectivity index (χ3v) is 9.91. The van der Waals surface area contributed by atoms with Crippen LogP contribution in [0, 0.1) is 0 Å². The first-order valence-corrected chi connectivity index (χ1v) is 16.1. The molecule has 6 rings (SSSR count). The Hall–Kier alpha value is -2.60. The van der Waals surface area contributed by atoms with Crippen molar-refractivity contribution in [2.45, 2.75) is 86.7 Å². The number of hydrogen-bond acceptors (Lipinski definition) is 9. The highest BCUT2D eigenvalue weighted by atomic mass is 35.5. The number of morpholine rings is 1. The Morgan fingerprint density at radius 2 is 1.88 bits per heavy atom. The molecule has 1 aromatic heterocycles. The molecule has 41 heavy (non-hydrogen) atoms. The van der Waals surface area contributed by atoms with Crippen LogP contribution in [0.1, 0.15) is 58.8 Å². The average Bonchev–Trinajstić information content (AvgIpc) is 3.34. The molecule has 222 valence electrons. The number of ether oxygens (including phenoxy) is 2. The highest BCUT2D eigenvalue weighted by Crippen LogP contribution is 2.47. The van der Waals surface area contributed by atoms with Gasteiger partial charge in [0.2, 0.25) is 0 Å². The van der Waals surface area contributed by atoms with Crippen LogP contribution in [0.3, 0.4) is 0 Å². The number of sulfonamides is 1. The van der Waals surface area contributed by atoms with Crippen LogP contribution in [0.25, 0.3) is 0 Å². The van der Waals surface area contributed by atoms with E-state index in [1.165, 1.54) is 6.07 Å². The number of nitrogens with zero attached hydrogens (tertiary/aromatic N) is 3. The molecule has 4 fully saturated rings. The van der Waals surface area contributed by atoms with Crippen molar-refractivity contribution in [2.24, 2.45) is 0 Å². The van der Waals surface area contributed by atoms with E-state index in [1.54, 1.807) is 24.3 Å². The van der Waals surface area contributed by atoms with Crippen molar-refractivity contribution in [3.63, 3.8) is 0 Å². The summed E-state index contributed by atoms with van der Waals surface area (Å²) in [5, 5.41) is 10.0. The first kappa shape index (κ1) is 28.5. The summed E-state index contributed by atoms with van der Waals surface area (Å²) in [6.07, 6.45) is 5.10. The second-order valence-electron chi connectivity index (χ2n) is 12.5. The van der Waals surface area contributed by atoms with E-state index in [0.717, 1.165) is 31.4 Å². The van der Waals surface area contributed by atoms with Crippen molar-refractivity contribution in [3.8, 4) is 5.75 Å². The van der Waals surface area contributed by atoms with Gasteiger partial charge < -0.3 is 24.4 Å². The molecular formula is C29H37ClN4O6S. The maximum atomic E-state index is 13.4. The molecule has 4 aliphatic rings. The monoisotopic (exact) mass is 604 g/mol. The Bertz CT molecular complexity index is 1440. The molecule has 0 radical (unpaired) electrons. The van der Waals surface area contributed by atoms with Crippen molar-refractivity contribution in [2.75, 3.05) is 36.0 Å². The lowest BCUT2D eigenvalue weighted by Gasteiger charge is -2.50. The molecule has 3 heterocycles. The number of pyridine rings is 1. The maximum Gasteiger partial charge on any atom is 0.281 e.